The molecule has 3 rings (SSSR count). The van der Waals surface area contributed by atoms with Gasteiger partial charge >= 0.3 is 0 Å². The number of hydrogen-bond donors (Lipinski definition) is 0. The van der Waals surface area contributed by atoms with Crippen LogP contribution >= 0.6 is 27.3 Å². The summed E-state index contributed by atoms with van der Waals surface area (Å²) in [6, 6.07) is 7.55. The van der Waals surface area contributed by atoms with Crippen molar-refractivity contribution in [1.29, 1.82) is 5.26 Å². The maximum Gasteiger partial charge on any atom is 0.254 e. The number of thiophene rings is 1. The average molecular weight is 377 g/mol. The lowest BCUT2D eigenvalue weighted by Crippen LogP contribution is -2.49. The van der Waals surface area contributed by atoms with Crippen molar-refractivity contribution in [2.24, 2.45) is 0 Å². The molecule has 1 amide bonds. The Bertz CT molecular complexity index is 731. The van der Waals surface area contributed by atoms with E-state index in [0.717, 1.165) is 9.35 Å². The Morgan fingerprint density at radius 1 is 1.36 bits per heavy atom. The summed E-state index contributed by atoms with van der Waals surface area (Å²) in [6.07, 6.45) is 1.69. The van der Waals surface area contributed by atoms with Crippen LogP contribution in [0, 0.1) is 11.3 Å². The van der Waals surface area contributed by atoms with Crippen LogP contribution in [0.15, 0.2) is 33.6 Å². The number of carbonyl (C=O) groups is 1. The number of pyridine rings is 1. The van der Waals surface area contributed by atoms with Crippen molar-refractivity contribution in [3.63, 3.8) is 0 Å². The zero-order chi connectivity index (χ0) is 15.5. The summed E-state index contributed by atoms with van der Waals surface area (Å²) in [7, 11) is 0. The number of hydrogen-bond acceptors (Lipinski definition) is 5. The standard InChI is InChI=1S/C15H13BrN4OS/c16-13-8-12(10-22-13)15(21)20-6-4-19(5-7-20)14-11(9-17)2-1-3-18-14/h1-3,8,10H,4-7H2. The molecule has 22 heavy (non-hydrogen) atoms. The molecule has 0 unspecified atom stereocenters. The van der Waals surface area contributed by atoms with E-state index in [2.05, 4.69) is 31.9 Å². The van der Waals surface area contributed by atoms with Gasteiger partial charge < -0.3 is 9.80 Å². The minimum Gasteiger partial charge on any atom is -0.352 e. The van der Waals surface area contributed by atoms with Crippen molar-refractivity contribution < 1.29 is 4.79 Å². The third-order valence-corrected chi connectivity index (χ3v) is 5.09. The van der Waals surface area contributed by atoms with Gasteiger partial charge in [0, 0.05) is 37.8 Å². The summed E-state index contributed by atoms with van der Waals surface area (Å²) in [5.74, 6) is 0.763. The number of aromatic nitrogens is 1. The van der Waals surface area contributed by atoms with Crippen LogP contribution in [-0.2, 0) is 0 Å². The molecular weight excluding hydrogens is 364 g/mol. The van der Waals surface area contributed by atoms with Gasteiger partial charge in [-0.3, -0.25) is 4.79 Å². The summed E-state index contributed by atoms with van der Waals surface area (Å²) in [5.41, 5.74) is 1.30. The molecule has 1 saturated heterocycles. The van der Waals surface area contributed by atoms with Crippen LogP contribution in [0.2, 0.25) is 0 Å². The van der Waals surface area contributed by atoms with Gasteiger partial charge in [0.2, 0.25) is 0 Å². The van der Waals surface area contributed by atoms with Gasteiger partial charge in [-0.25, -0.2) is 4.98 Å². The minimum atomic E-state index is 0.0585. The van der Waals surface area contributed by atoms with Gasteiger partial charge in [-0.15, -0.1) is 11.3 Å². The molecule has 0 spiro atoms. The van der Waals surface area contributed by atoms with Crippen LogP contribution in [0.4, 0.5) is 5.82 Å². The zero-order valence-electron chi connectivity index (χ0n) is 11.7. The summed E-state index contributed by atoms with van der Waals surface area (Å²) in [6.45, 7) is 2.63. The second-order valence-corrected chi connectivity index (χ2v) is 7.20. The number of anilines is 1. The molecule has 0 bridgehead atoms. The second-order valence-electron chi connectivity index (χ2n) is 4.91. The highest BCUT2D eigenvalue weighted by Crippen LogP contribution is 2.23. The summed E-state index contributed by atoms with van der Waals surface area (Å²) in [5, 5.41) is 11.0. The number of nitrogens with zero attached hydrogens (tertiary/aromatic N) is 4. The summed E-state index contributed by atoms with van der Waals surface area (Å²) < 4.78 is 0.960. The fourth-order valence-electron chi connectivity index (χ4n) is 2.46. The third-order valence-electron chi connectivity index (χ3n) is 3.59. The van der Waals surface area contributed by atoms with E-state index in [1.807, 2.05) is 16.3 Å². The molecule has 3 heterocycles. The van der Waals surface area contributed by atoms with Crippen LogP contribution in [0.5, 0.6) is 0 Å². The lowest BCUT2D eigenvalue weighted by Gasteiger charge is -2.35. The maximum atomic E-state index is 12.4. The first-order valence-corrected chi connectivity index (χ1v) is 8.49. The number of nitriles is 1. The number of rotatable bonds is 2. The molecule has 1 aliphatic rings. The topological polar surface area (TPSA) is 60.2 Å². The van der Waals surface area contributed by atoms with Crippen molar-refractivity contribution in [1.82, 2.24) is 9.88 Å². The number of piperazine rings is 1. The van der Waals surface area contributed by atoms with Gasteiger partial charge in [-0.05, 0) is 34.1 Å². The first-order chi connectivity index (χ1) is 10.7. The lowest BCUT2D eigenvalue weighted by atomic mass is 10.2. The smallest absolute Gasteiger partial charge is 0.254 e. The van der Waals surface area contributed by atoms with E-state index in [4.69, 9.17) is 5.26 Å². The van der Waals surface area contributed by atoms with E-state index >= 15 is 0 Å². The molecule has 2 aromatic rings. The van der Waals surface area contributed by atoms with Gasteiger partial charge in [-0.2, -0.15) is 5.26 Å². The Morgan fingerprint density at radius 3 is 2.77 bits per heavy atom. The molecule has 112 valence electrons. The molecule has 5 nitrogen and oxygen atoms in total. The van der Waals surface area contributed by atoms with Crippen LogP contribution in [-0.4, -0.2) is 42.0 Å². The molecule has 0 aliphatic carbocycles. The van der Waals surface area contributed by atoms with E-state index < -0.39 is 0 Å². The van der Waals surface area contributed by atoms with Crippen molar-refractivity contribution >= 4 is 39.0 Å². The fourth-order valence-corrected chi connectivity index (χ4v) is 3.59. The van der Waals surface area contributed by atoms with Crippen molar-refractivity contribution in [2.75, 3.05) is 31.1 Å². The van der Waals surface area contributed by atoms with Gasteiger partial charge in [0.15, 0.2) is 0 Å². The Labute approximate surface area is 140 Å². The van der Waals surface area contributed by atoms with Gasteiger partial charge in [0.05, 0.1) is 14.9 Å². The molecule has 0 N–H and O–H groups in total. The summed E-state index contributed by atoms with van der Waals surface area (Å²) in [4.78, 5) is 20.6. The van der Waals surface area contributed by atoms with E-state index in [1.54, 1.807) is 18.3 Å². The SMILES string of the molecule is N#Cc1cccnc1N1CCN(C(=O)c2csc(Br)c2)CC1. The molecule has 1 fully saturated rings. The van der Waals surface area contributed by atoms with E-state index in [-0.39, 0.29) is 5.91 Å². The number of carbonyl (C=O) groups excluding carboxylic acids is 1. The van der Waals surface area contributed by atoms with Crippen molar-refractivity contribution in [3.05, 3.63) is 44.7 Å². The average Bonchev–Trinajstić information content (AvgIpc) is 3.01. The lowest BCUT2D eigenvalue weighted by molar-refractivity contribution is 0.0747. The zero-order valence-corrected chi connectivity index (χ0v) is 14.1. The van der Waals surface area contributed by atoms with E-state index in [1.165, 1.54) is 11.3 Å². The number of amides is 1. The highest BCUT2D eigenvalue weighted by Gasteiger charge is 2.24. The molecular formula is C15H13BrN4OS. The minimum absolute atomic E-state index is 0.0585. The molecule has 2 aromatic heterocycles. The highest BCUT2D eigenvalue weighted by molar-refractivity contribution is 9.11. The van der Waals surface area contributed by atoms with Gasteiger partial charge in [0.25, 0.3) is 5.91 Å². The predicted octanol–water partition coefficient (Wildman–Crippen LogP) is 2.74. The Kier molecular flexibility index (Phi) is 4.41. The normalized spacial score (nSPS) is 14.7. The summed E-state index contributed by atoms with van der Waals surface area (Å²) >= 11 is 4.89. The van der Waals surface area contributed by atoms with Crippen molar-refractivity contribution in [2.45, 2.75) is 0 Å². The van der Waals surface area contributed by atoms with Crippen molar-refractivity contribution in [3.8, 4) is 6.07 Å². The molecule has 0 saturated carbocycles. The van der Waals surface area contributed by atoms with Gasteiger partial charge in [0.1, 0.15) is 11.9 Å². The predicted molar refractivity (Wildman–Crippen MR) is 89.1 cm³/mol. The first kappa shape index (κ1) is 15.0. The largest absolute Gasteiger partial charge is 0.352 e. The molecule has 0 radical (unpaired) electrons. The van der Waals surface area contributed by atoms with Crippen LogP contribution in [0.1, 0.15) is 15.9 Å². The molecule has 7 heteroatoms. The Hall–Kier alpha value is -1.91. The molecule has 1 aliphatic heterocycles. The molecule has 0 atom stereocenters. The van der Waals surface area contributed by atoms with Crippen LogP contribution < -0.4 is 4.90 Å². The highest BCUT2D eigenvalue weighted by atomic mass is 79.9. The third kappa shape index (κ3) is 2.98. The fraction of sp³-hybridized carbons (Fsp3) is 0.267. The van der Waals surface area contributed by atoms with Crippen LogP contribution in [0.3, 0.4) is 0 Å². The second kappa shape index (κ2) is 6.46. The van der Waals surface area contributed by atoms with Crippen LogP contribution in [0.25, 0.3) is 0 Å². The molecule has 0 aromatic carbocycles. The Morgan fingerprint density at radius 2 is 2.14 bits per heavy atom. The van der Waals surface area contributed by atoms with Gasteiger partial charge in [-0.1, -0.05) is 0 Å². The van der Waals surface area contributed by atoms with E-state index in [0.29, 0.717) is 37.6 Å². The first-order valence-electron chi connectivity index (χ1n) is 6.82. The monoisotopic (exact) mass is 376 g/mol. The Balaban J connectivity index is 1.68. The quantitative estimate of drug-likeness (QED) is 0.808. The maximum absolute atomic E-state index is 12.4. The number of halogens is 1. The van der Waals surface area contributed by atoms with E-state index in [9.17, 15) is 4.79 Å².